The van der Waals surface area contributed by atoms with Gasteiger partial charge in [0.15, 0.2) is 0 Å². The monoisotopic (exact) mass is 1130 g/mol. The van der Waals surface area contributed by atoms with Crippen LogP contribution in [0.2, 0.25) is 10.0 Å². The first-order valence-corrected chi connectivity index (χ1v) is 29.7. The second-order valence-corrected chi connectivity index (χ2v) is 26.2. The first-order chi connectivity index (χ1) is 38.2. The molecule has 2 spiro atoms. The van der Waals surface area contributed by atoms with Crippen molar-refractivity contribution in [3.05, 3.63) is 142 Å². The van der Waals surface area contributed by atoms with Gasteiger partial charge in [0.25, 0.3) is 0 Å². The summed E-state index contributed by atoms with van der Waals surface area (Å²) >= 11 is 12.8. The van der Waals surface area contributed by atoms with E-state index in [4.69, 9.17) is 51.6 Å². The fraction of sp³-hybridized carbons (Fsp3) is 0.545. The molecule has 2 saturated carbocycles. The Kier molecular flexibility index (Phi) is 18.7. The summed E-state index contributed by atoms with van der Waals surface area (Å²) < 4.78 is 35.7. The summed E-state index contributed by atoms with van der Waals surface area (Å²) in [6.45, 7) is 24.3. The number of benzene rings is 4. The third-order valence-corrected chi connectivity index (χ3v) is 17.7. The normalized spacial score (nSPS) is 24.7. The maximum atomic E-state index is 13.0. The van der Waals surface area contributed by atoms with E-state index in [9.17, 15) is 19.8 Å². The molecule has 0 aromatic heterocycles. The van der Waals surface area contributed by atoms with E-state index in [2.05, 4.69) is 47.2 Å². The molecule has 4 aromatic carbocycles. The molecule has 2 heterocycles. The van der Waals surface area contributed by atoms with Crippen molar-refractivity contribution in [2.24, 2.45) is 23.7 Å². The molecule has 2 fully saturated rings. The molecule has 8 atom stereocenters. The predicted octanol–water partition coefficient (Wildman–Crippen LogP) is 12.7. The van der Waals surface area contributed by atoms with Crippen LogP contribution >= 0.6 is 23.2 Å². The Morgan fingerprint density at radius 3 is 1.41 bits per heavy atom. The molecular weight excluding hydrogens is 1050 g/mol. The van der Waals surface area contributed by atoms with E-state index in [0.29, 0.717) is 62.6 Å². The van der Waals surface area contributed by atoms with Crippen LogP contribution in [0.4, 0.5) is 11.4 Å². The van der Waals surface area contributed by atoms with Gasteiger partial charge in [0, 0.05) is 47.1 Å². The Labute approximate surface area is 484 Å². The number of nitrogens with zero attached hydrogens (tertiary/aromatic N) is 2. The maximum absolute atomic E-state index is 13.0. The zero-order chi connectivity index (χ0) is 57.0. The number of rotatable bonds is 16. The number of aliphatic hydroxyl groups excluding tert-OH is 2. The maximum Gasteiger partial charge on any atom is 0.338 e. The number of halogens is 2. The molecule has 80 heavy (non-hydrogen) atoms. The zero-order valence-corrected chi connectivity index (χ0v) is 49.4. The summed E-state index contributed by atoms with van der Waals surface area (Å²) in [6.07, 6.45) is 12.6. The molecule has 0 saturated heterocycles. The van der Waals surface area contributed by atoms with Crippen molar-refractivity contribution in [2.45, 2.75) is 140 Å². The van der Waals surface area contributed by atoms with Gasteiger partial charge in [-0.25, -0.2) is 9.59 Å². The predicted molar refractivity (Wildman–Crippen MR) is 317 cm³/mol. The van der Waals surface area contributed by atoms with Crippen molar-refractivity contribution < 1.29 is 48.2 Å². The van der Waals surface area contributed by atoms with E-state index in [-0.39, 0.29) is 34.6 Å². The smallest absolute Gasteiger partial charge is 0.338 e. The van der Waals surface area contributed by atoms with Crippen molar-refractivity contribution >= 4 is 46.5 Å². The molecule has 0 unspecified atom stereocenters. The second kappa shape index (κ2) is 25.2. The number of hydrogen-bond donors (Lipinski definition) is 2. The van der Waals surface area contributed by atoms with Crippen molar-refractivity contribution in [3.8, 4) is 11.5 Å². The highest BCUT2D eigenvalue weighted by Crippen LogP contribution is 2.49. The van der Waals surface area contributed by atoms with Crippen molar-refractivity contribution in [1.29, 1.82) is 0 Å². The van der Waals surface area contributed by atoms with Gasteiger partial charge in [0.05, 0.1) is 74.4 Å². The minimum Gasteiger partial charge on any atom is -0.490 e. The highest BCUT2D eigenvalue weighted by atomic mass is 35.5. The number of ether oxygens (including phenoxy) is 6. The van der Waals surface area contributed by atoms with Gasteiger partial charge < -0.3 is 48.4 Å². The molecule has 10 rings (SSSR count). The van der Waals surface area contributed by atoms with Gasteiger partial charge in [-0.15, -0.1) is 13.2 Å². The van der Waals surface area contributed by atoms with Crippen LogP contribution in [-0.2, 0) is 42.6 Å². The van der Waals surface area contributed by atoms with Gasteiger partial charge in [-0.2, -0.15) is 0 Å². The minimum absolute atomic E-state index is 0.167. The molecule has 0 bridgehead atoms. The quantitative estimate of drug-likeness (QED) is 0.0628. The number of hydrogen-bond acceptors (Lipinski definition) is 12. The SMILES string of the molecule is C=CCOC[C@@H](O)[C@@H]1CC[C@H]1CN1C[C@@]2(CCCc3cc(Cl)ccc32)COc2ccc(C(=O)OC(C)(C)C)cc21.C=CCOC[C@H](O)[C@@H]1CC[C@H]1CN1C[C@@]2(CCCc3cc(Cl)ccc32)COc2ccc(C(=O)OC(C)(C)C)cc21. The molecule has 14 heteroatoms. The number of carbonyl (C=O) groups excluding carboxylic acids is 2. The lowest BCUT2D eigenvalue weighted by molar-refractivity contribution is -0.0368. The fourth-order valence-electron chi connectivity index (χ4n) is 13.2. The molecule has 4 aliphatic carbocycles. The first-order valence-electron chi connectivity index (χ1n) is 29.0. The van der Waals surface area contributed by atoms with Gasteiger partial charge in [-0.05, 0) is 212 Å². The van der Waals surface area contributed by atoms with Crippen LogP contribution in [0.5, 0.6) is 11.5 Å². The summed E-state index contributed by atoms with van der Waals surface area (Å²) in [7, 11) is 0. The lowest BCUT2D eigenvalue weighted by Gasteiger charge is -2.45. The van der Waals surface area contributed by atoms with Crippen molar-refractivity contribution in [1.82, 2.24) is 0 Å². The van der Waals surface area contributed by atoms with E-state index in [1.54, 1.807) is 24.3 Å². The Morgan fingerprint density at radius 2 is 1.05 bits per heavy atom. The van der Waals surface area contributed by atoms with Gasteiger partial charge >= 0.3 is 11.9 Å². The number of esters is 2. The second-order valence-electron chi connectivity index (χ2n) is 25.4. The van der Waals surface area contributed by atoms with Crippen LogP contribution in [0.3, 0.4) is 0 Å². The summed E-state index contributed by atoms with van der Waals surface area (Å²) in [5, 5.41) is 23.3. The zero-order valence-electron chi connectivity index (χ0n) is 47.9. The van der Waals surface area contributed by atoms with Crippen molar-refractivity contribution in [3.63, 3.8) is 0 Å². The highest BCUT2D eigenvalue weighted by molar-refractivity contribution is 6.31. The van der Waals surface area contributed by atoms with Crippen LogP contribution in [0, 0.1) is 23.7 Å². The number of fused-ring (bicyclic) bond motifs is 6. The molecule has 0 radical (unpaired) electrons. The summed E-state index contributed by atoms with van der Waals surface area (Å²) in [6, 6.07) is 23.8. The molecule has 2 N–H and O–H groups in total. The van der Waals surface area contributed by atoms with Gasteiger partial charge in [0.2, 0.25) is 0 Å². The van der Waals surface area contributed by atoms with Crippen LogP contribution < -0.4 is 19.3 Å². The number of carbonyl (C=O) groups is 2. The number of aliphatic hydroxyl groups is 2. The summed E-state index contributed by atoms with van der Waals surface area (Å²) in [4.78, 5) is 30.9. The molecule has 0 amide bonds. The Morgan fingerprint density at radius 1 is 0.637 bits per heavy atom. The van der Waals surface area contributed by atoms with E-state index < -0.39 is 23.4 Å². The third kappa shape index (κ3) is 13.9. The highest BCUT2D eigenvalue weighted by Gasteiger charge is 2.47. The van der Waals surface area contributed by atoms with E-state index in [0.717, 1.165) is 123 Å². The van der Waals surface area contributed by atoms with Crippen LogP contribution in [0.25, 0.3) is 0 Å². The Hall–Kier alpha value is -5.08. The Balaban J connectivity index is 0.000000194. The largest absolute Gasteiger partial charge is 0.490 e. The summed E-state index contributed by atoms with van der Waals surface area (Å²) in [5.41, 5.74) is 6.46. The van der Waals surface area contributed by atoms with Gasteiger partial charge in [0.1, 0.15) is 22.7 Å². The molecule has 432 valence electrons. The van der Waals surface area contributed by atoms with Gasteiger partial charge in [-0.3, -0.25) is 0 Å². The first kappa shape index (κ1) is 59.5. The van der Waals surface area contributed by atoms with Crippen LogP contribution in [0.1, 0.15) is 136 Å². The molecule has 6 aliphatic rings. The average molecular weight is 1140 g/mol. The minimum atomic E-state index is -0.583. The summed E-state index contributed by atoms with van der Waals surface area (Å²) in [5.74, 6) is 1.81. The van der Waals surface area contributed by atoms with E-state index in [1.165, 1.54) is 22.3 Å². The lowest BCUT2D eigenvalue weighted by atomic mass is 9.68. The van der Waals surface area contributed by atoms with Crippen LogP contribution in [0.15, 0.2) is 98.1 Å². The molecule has 12 nitrogen and oxygen atoms in total. The standard InChI is InChI=1S/2C33H42ClNO5/c2*1-5-15-38-19-29(36)26-11-8-24(26)18-35-20-33(14-6-7-22-16-25(34)10-12-27(22)33)21-39-30-13-9-23(17-28(30)35)31(37)40-32(2,3)4/h2*5,9-10,12-13,16-17,24,26,29,36H,1,6-8,11,14-15,18-21H2,2-4H3/t24-,26+,29+,33-;24-,26+,29-,33-/m00/s1. The number of anilines is 2. The van der Waals surface area contributed by atoms with E-state index in [1.807, 2.05) is 77.9 Å². The lowest BCUT2D eigenvalue weighted by Crippen LogP contribution is -2.50. The number of aryl methyl sites for hydroxylation is 2. The Bertz CT molecular complexity index is 2670. The molecular formula is C66H84Cl2N2O10. The topological polar surface area (TPSA) is 136 Å². The average Bonchev–Trinajstić information content (AvgIpc) is 3.67. The molecule has 2 aliphatic heterocycles. The molecule has 4 aromatic rings. The fourth-order valence-corrected chi connectivity index (χ4v) is 13.6. The van der Waals surface area contributed by atoms with E-state index >= 15 is 0 Å². The van der Waals surface area contributed by atoms with Gasteiger partial charge in [-0.1, -0.05) is 47.5 Å². The van der Waals surface area contributed by atoms with Crippen molar-refractivity contribution in [2.75, 3.05) is 75.6 Å². The third-order valence-electron chi connectivity index (χ3n) is 17.2. The van der Waals surface area contributed by atoms with Crippen LogP contribution in [-0.4, -0.2) is 111 Å².